The van der Waals surface area contributed by atoms with Gasteiger partial charge < -0.3 is 14.5 Å². The molecule has 0 saturated carbocycles. The first-order valence-corrected chi connectivity index (χ1v) is 13.4. The lowest BCUT2D eigenvalue weighted by atomic mass is 10.1. The van der Waals surface area contributed by atoms with Crippen LogP contribution in [0.2, 0.25) is 5.02 Å². The molecule has 0 radical (unpaired) electrons. The second-order valence-electron chi connectivity index (χ2n) is 8.15. The van der Waals surface area contributed by atoms with Crippen LogP contribution in [0.5, 0.6) is 5.75 Å². The van der Waals surface area contributed by atoms with E-state index in [0.717, 1.165) is 17.8 Å². The summed E-state index contributed by atoms with van der Waals surface area (Å²) in [5, 5.41) is 0.424. The number of fused-ring (bicyclic) bond motifs is 1. The number of hydrogen-bond donors (Lipinski definition) is 0. The maximum absolute atomic E-state index is 14.5. The molecular weight excluding hydrogens is 479 g/mol. The third kappa shape index (κ3) is 5.59. The van der Waals surface area contributed by atoms with Crippen LogP contribution in [-0.4, -0.2) is 56.6 Å². The Bertz CT molecular complexity index is 1290. The van der Waals surface area contributed by atoms with Crippen molar-refractivity contribution in [1.82, 2.24) is 9.97 Å². The van der Waals surface area contributed by atoms with Crippen molar-refractivity contribution in [3.8, 4) is 17.0 Å². The van der Waals surface area contributed by atoms with Crippen LogP contribution >= 0.6 is 11.6 Å². The van der Waals surface area contributed by atoms with Crippen LogP contribution in [0, 0.1) is 5.82 Å². The number of anilines is 3. The normalized spacial score (nSPS) is 13.4. The standard InChI is InChI=1S/C24H26ClFN4O3S/c1-3-8-29(10-12-34(2,31)32)24-14-18(6-7-27-24)30-9-11-33-23-16-28-21(15-22(23)30)19-13-17(25)4-5-20(19)26/h4-7,13-16H,3,8-12H2,1-2H3. The number of hydrogen-bond acceptors (Lipinski definition) is 7. The van der Waals surface area contributed by atoms with Gasteiger partial charge in [-0.2, -0.15) is 0 Å². The molecule has 10 heteroatoms. The van der Waals surface area contributed by atoms with Gasteiger partial charge in [0.25, 0.3) is 0 Å². The molecule has 0 aliphatic carbocycles. The molecule has 0 fully saturated rings. The predicted octanol–water partition coefficient (Wildman–Crippen LogP) is 4.73. The largest absolute Gasteiger partial charge is 0.488 e. The summed E-state index contributed by atoms with van der Waals surface area (Å²) >= 11 is 6.08. The maximum Gasteiger partial charge on any atom is 0.161 e. The van der Waals surface area contributed by atoms with Gasteiger partial charge in [-0.05, 0) is 36.8 Å². The van der Waals surface area contributed by atoms with Gasteiger partial charge in [0, 0.05) is 47.9 Å². The molecule has 3 heterocycles. The van der Waals surface area contributed by atoms with E-state index in [2.05, 4.69) is 14.9 Å². The van der Waals surface area contributed by atoms with Crippen LogP contribution in [0.4, 0.5) is 21.6 Å². The Labute approximate surface area is 204 Å². The first kappa shape index (κ1) is 24.2. The molecule has 0 unspecified atom stereocenters. The predicted molar refractivity (Wildman–Crippen MR) is 134 cm³/mol. The second-order valence-corrected chi connectivity index (χ2v) is 10.8. The van der Waals surface area contributed by atoms with Crippen LogP contribution in [0.25, 0.3) is 11.3 Å². The van der Waals surface area contributed by atoms with E-state index in [1.165, 1.54) is 18.4 Å². The summed E-state index contributed by atoms with van der Waals surface area (Å²) in [6.07, 6.45) is 5.40. The zero-order valence-corrected chi connectivity index (χ0v) is 20.6. The van der Waals surface area contributed by atoms with Crippen molar-refractivity contribution in [3.05, 3.63) is 59.6 Å². The summed E-state index contributed by atoms with van der Waals surface area (Å²) in [7, 11) is -3.10. The summed E-state index contributed by atoms with van der Waals surface area (Å²) in [5.41, 5.74) is 2.39. The molecule has 0 amide bonds. The molecule has 2 aromatic heterocycles. The van der Waals surface area contributed by atoms with Gasteiger partial charge in [-0.1, -0.05) is 18.5 Å². The maximum atomic E-state index is 14.5. The fourth-order valence-corrected chi connectivity index (χ4v) is 4.59. The smallest absolute Gasteiger partial charge is 0.161 e. The number of aromatic nitrogens is 2. The van der Waals surface area contributed by atoms with Crippen LogP contribution in [-0.2, 0) is 9.84 Å². The number of benzene rings is 1. The fourth-order valence-electron chi connectivity index (χ4n) is 3.87. The van der Waals surface area contributed by atoms with E-state index in [4.69, 9.17) is 16.3 Å². The van der Waals surface area contributed by atoms with Crippen LogP contribution in [0.1, 0.15) is 13.3 Å². The minimum atomic E-state index is -3.10. The van der Waals surface area contributed by atoms with Crippen molar-refractivity contribution in [2.24, 2.45) is 0 Å². The van der Waals surface area contributed by atoms with Gasteiger partial charge in [-0.3, -0.25) is 4.98 Å². The number of halogens is 2. The SMILES string of the molecule is CCCN(CCS(C)(=O)=O)c1cc(N2CCOc3cnc(-c4cc(Cl)ccc4F)cc32)ccn1. The van der Waals surface area contributed by atoms with E-state index in [9.17, 15) is 12.8 Å². The molecule has 180 valence electrons. The molecule has 0 N–H and O–H groups in total. The van der Waals surface area contributed by atoms with Crippen molar-refractivity contribution in [2.45, 2.75) is 13.3 Å². The number of sulfone groups is 1. The molecule has 7 nitrogen and oxygen atoms in total. The van der Waals surface area contributed by atoms with E-state index in [0.29, 0.717) is 54.1 Å². The topological polar surface area (TPSA) is 75.6 Å². The summed E-state index contributed by atoms with van der Waals surface area (Å²) in [6.45, 7) is 4.14. The third-order valence-corrected chi connectivity index (χ3v) is 6.66. The highest BCUT2D eigenvalue weighted by molar-refractivity contribution is 7.90. The van der Waals surface area contributed by atoms with Gasteiger partial charge in [0.15, 0.2) is 5.75 Å². The van der Waals surface area contributed by atoms with Gasteiger partial charge in [-0.15, -0.1) is 0 Å². The number of nitrogens with zero attached hydrogens (tertiary/aromatic N) is 4. The highest BCUT2D eigenvalue weighted by Crippen LogP contribution is 2.39. The first-order chi connectivity index (χ1) is 16.2. The van der Waals surface area contributed by atoms with Gasteiger partial charge in [0.05, 0.1) is 29.9 Å². The monoisotopic (exact) mass is 504 g/mol. The minimum Gasteiger partial charge on any atom is -0.488 e. The molecule has 4 rings (SSSR count). The molecule has 1 aliphatic heterocycles. The van der Waals surface area contributed by atoms with Crippen LogP contribution in [0.15, 0.2) is 48.8 Å². The Kier molecular flexibility index (Phi) is 7.23. The molecule has 0 saturated heterocycles. The van der Waals surface area contributed by atoms with E-state index in [1.54, 1.807) is 24.5 Å². The molecule has 0 atom stereocenters. The number of pyridine rings is 2. The van der Waals surface area contributed by atoms with E-state index >= 15 is 0 Å². The number of ether oxygens (including phenoxy) is 1. The van der Waals surface area contributed by atoms with E-state index in [-0.39, 0.29) is 5.75 Å². The summed E-state index contributed by atoms with van der Waals surface area (Å²) in [6, 6.07) is 9.98. The molecule has 0 spiro atoms. The first-order valence-electron chi connectivity index (χ1n) is 11.0. The Morgan fingerprint density at radius 2 is 2.00 bits per heavy atom. The zero-order chi connectivity index (χ0) is 24.3. The van der Waals surface area contributed by atoms with E-state index in [1.807, 2.05) is 24.0 Å². The third-order valence-electron chi connectivity index (χ3n) is 5.50. The summed E-state index contributed by atoms with van der Waals surface area (Å²) < 4.78 is 43.7. The Morgan fingerprint density at radius 1 is 1.18 bits per heavy atom. The minimum absolute atomic E-state index is 0.0551. The van der Waals surface area contributed by atoms with Crippen molar-refractivity contribution in [2.75, 3.05) is 48.0 Å². The van der Waals surface area contributed by atoms with Crippen molar-refractivity contribution in [1.29, 1.82) is 0 Å². The lowest BCUT2D eigenvalue weighted by Crippen LogP contribution is -2.31. The molecule has 1 aliphatic rings. The fraction of sp³-hybridized carbons (Fsp3) is 0.333. The Hall–Kier alpha value is -2.91. The summed E-state index contributed by atoms with van der Waals surface area (Å²) in [5.74, 6) is 0.941. The molecule has 1 aromatic carbocycles. The average molecular weight is 505 g/mol. The van der Waals surface area contributed by atoms with Crippen molar-refractivity contribution in [3.63, 3.8) is 0 Å². The molecule has 34 heavy (non-hydrogen) atoms. The molecule has 3 aromatic rings. The molecule has 0 bridgehead atoms. The van der Waals surface area contributed by atoms with E-state index < -0.39 is 15.7 Å². The Balaban J connectivity index is 1.69. The van der Waals surface area contributed by atoms with Gasteiger partial charge in [-0.25, -0.2) is 17.8 Å². The quantitative estimate of drug-likeness (QED) is 0.439. The van der Waals surface area contributed by atoms with Gasteiger partial charge >= 0.3 is 0 Å². The lowest BCUT2D eigenvalue weighted by Gasteiger charge is -2.32. The average Bonchev–Trinajstić information content (AvgIpc) is 2.82. The number of rotatable bonds is 8. The zero-order valence-electron chi connectivity index (χ0n) is 19.0. The van der Waals surface area contributed by atoms with Crippen LogP contribution < -0.4 is 14.5 Å². The highest BCUT2D eigenvalue weighted by Gasteiger charge is 2.23. The molecular formula is C24H26ClFN4O3S. The van der Waals surface area contributed by atoms with Crippen LogP contribution in [0.3, 0.4) is 0 Å². The Morgan fingerprint density at radius 3 is 2.76 bits per heavy atom. The second kappa shape index (κ2) is 10.1. The lowest BCUT2D eigenvalue weighted by molar-refractivity contribution is 0.313. The summed E-state index contributed by atoms with van der Waals surface area (Å²) in [4.78, 5) is 12.9. The van der Waals surface area contributed by atoms with Crippen molar-refractivity contribution < 1.29 is 17.5 Å². The van der Waals surface area contributed by atoms with Crippen molar-refractivity contribution >= 4 is 38.6 Å². The highest BCUT2D eigenvalue weighted by atomic mass is 35.5. The van der Waals surface area contributed by atoms with Gasteiger partial charge in [0.1, 0.15) is 28.1 Å². The van der Waals surface area contributed by atoms with Gasteiger partial charge in [0.2, 0.25) is 0 Å².